The molecule has 0 unspecified atom stereocenters. The fourth-order valence-electron chi connectivity index (χ4n) is 0.899. The second-order valence-electron chi connectivity index (χ2n) is 3.16. The average molecular weight is 208 g/mol. The minimum absolute atomic E-state index is 0.322. The maximum absolute atomic E-state index is 11.2. The summed E-state index contributed by atoms with van der Waals surface area (Å²) in [5.41, 5.74) is 0. The number of para-hydroxylation sites is 1. The summed E-state index contributed by atoms with van der Waals surface area (Å²) in [5, 5.41) is 0. The van der Waals surface area contributed by atoms with Crippen molar-refractivity contribution in [1.29, 1.82) is 0 Å². The molecule has 0 aliphatic rings. The molecule has 0 amide bonds. The third-order valence-corrected chi connectivity index (χ3v) is 1.46. The summed E-state index contributed by atoms with van der Waals surface area (Å²) < 4.78 is 9.43. The second-order valence-corrected chi connectivity index (χ2v) is 3.16. The first-order valence-corrected chi connectivity index (χ1v) is 4.57. The third kappa shape index (κ3) is 3.81. The van der Waals surface area contributed by atoms with Crippen molar-refractivity contribution in [3.8, 4) is 5.75 Å². The number of carbonyl (C=O) groups excluding carboxylic acids is 2. The highest BCUT2D eigenvalue weighted by Gasteiger charge is 2.19. The first-order valence-electron chi connectivity index (χ1n) is 4.57. The van der Waals surface area contributed by atoms with Crippen molar-refractivity contribution in [2.45, 2.75) is 20.0 Å². The van der Waals surface area contributed by atoms with Crippen LogP contribution in [0.4, 0.5) is 0 Å². The predicted octanol–water partition coefficient (Wildman–Crippen LogP) is 1.54. The lowest BCUT2D eigenvalue weighted by atomic mass is 10.3. The van der Waals surface area contributed by atoms with E-state index in [1.54, 1.807) is 44.2 Å². The Hall–Kier alpha value is -1.84. The van der Waals surface area contributed by atoms with Gasteiger partial charge in [0, 0.05) is 0 Å². The quantitative estimate of drug-likeness (QED) is 0.420. The summed E-state index contributed by atoms with van der Waals surface area (Å²) >= 11 is 0. The Bertz CT molecular complexity index is 343. The Kier molecular flexibility index (Phi) is 3.85. The van der Waals surface area contributed by atoms with Crippen molar-refractivity contribution >= 4 is 11.9 Å². The molecule has 0 radical (unpaired) electrons. The van der Waals surface area contributed by atoms with E-state index >= 15 is 0 Å². The van der Waals surface area contributed by atoms with Crippen molar-refractivity contribution in [3.05, 3.63) is 30.3 Å². The van der Waals surface area contributed by atoms with Gasteiger partial charge in [-0.25, -0.2) is 9.59 Å². The second kappa shape index (κ2) is 5.14. The average Bonchev–Trinajstić information content (AvgIpc) is 2.18. The van der Waals surface area contributed by atoms with Crippen LogP contribution in [-0.2, 0) is 14.3 Å². The van der Waals surface area contributed by atoms with Crippen LogP contribution in [-0.4, -0.2) is 18.0 Å². The van der Waals surface area contributed by atoms with E-state index in [-0.39, 0.29) is 6.10 Å². The van der Waals surface area contributed by atoms with E-state index in [0.717, 1.165) is 0 Å². The summed E-state index contributed by atoms with van der Waals surface area (Å²) in [4.78, 5) is 22.2. The largest absolute Gasteiger partial charge is 0.455 e. The standard InChI is InChI=1S/C11H12O4/c1-8(2)14-10(12)11(13)15-9-6-4-3-5-7-9/h3-8H,1-2H3. The van der Waals surface area contributed by atoms with Crippen molar-refractivity contribution in [3.63, 3.8) is 0 Å². The molecule has 0 N–H and O–H groups in total. The maximum Gasteiger partial charge on any atom is 0.422 e. The van der Waals surface area contributed by atoms with Crippen molar-refractivity contribution in [1.82, 2.24) is 0 Å². The Morgan fingerprint density at radius 3 is 2.20 bits per heavy atom. The zero-order chi connectivity index (χ0) is 11.3. The monoisotopic (exact) mass is 208 g/mol. The molecule has 0 aliphatic carbocycles. The van der Waals surface area contributed by atoms with E-state index < -0.39 is 11.9 Å². The molecule has 0 aromatic heterocycles. The van der Waals surface area contributed by atoms with Gasteiger partial charge >= 0.3 is 11.9 Å². The lowest BCUT2D eigenvalue weighted by molar-refractivity contribution is -0.164. The molecule has 0 spiro atoms. The highest BCUT2D eigenvalue weighted by atomic mass is 16.6. The number of rotatable bonds is 2. The molecular formula is C11H12O4. The Labute approximate surface area is 87.8 Å². The van der Waals surface area contributed by atoms with Crippen LogP contribution in [0.3, 0.4) is 0 Å². The number of carbonyl (C=O) groups is 2. The molecule has 4 heteroatoms. The van der Waals surface area contributed by atoms with Gasteiger partial charge < -0.3 is 9.47 Å². The fourth-order valence-corrected chi connectivity index (χ4v) is 0.899. The molecule has 1 rings (SSSR count). The summed E-state index contributed by atoms with van der Waals surface area (Å²) in [6.07, 6.45) is -0.333. The molecule has 4 nitrogen and oxygen atoms in total. The number of esters is 2. The molecule has 0 aliphatic heterocycles. The molecule has 1 aromatic carbocycles. The van der Waals surface area contributed by atoms with Crippen LogP contribution in [0.15, 0.2) is 30.3 Å². The van der Waals surface area contributed by atoms with E-state index in [9.17, 15) is 9.59 Å². The predicted molar refractivity (Wildman–Crippen MR) is 53.3 cm³/mol. The summed E-state index contributed by atoms with van der Waals surface area (Å²) in [6, 6.07) is 8.36. The topological polar surface area (TPSA) is 52.6 Å². The van der Waals surface area contributed by atoms with E-state index in [1.807, 2.05) is 0 Å². The van der Waals surface area contributed by atoms with Gasteiger partial charge in [0.2, 0.25) is 0 Å². The highest BCUT2D eigenvalue weighted by molar-refractivity contribution is 6.30. The van der Waals surface area contributed by atoms with Gasteiger partial charge in [0.25, 0.3) is 0 Å². The Morgan fingerprint density at radius 2 is 1.67 bits per heavy atom. The Morgan fingerprint density at radius 1 is 1.07 bits per heavy atom. The Balaban J connectivity index is 2.53. The van der Waals surface area contributed by atoms with Crippen LogP contribution in [0.1, 0.15) is 13.8 Å². The summed E-state index contributed by atoms with van der Waals surface area (Å²) in [5.74, 6) is -1.66. The van der Waals surface area contributed by atoms with E-state index in [0.29, 0.717) is 5.75 Å². The van der Waals surface area contributed by atoms with Crippen molar-refractivity contribution in [2.24, 2.45) is 0 Å². The van der Waals surface area contributed by atoms with Crippen LogP contribution in [0, 0.1) is 0 Å². The van der Waals surface area contributed by atoms with Crippen LogP contribution < -0.4 is 4.74 Å². The number of hydrogen-bond acceptors (Lipinski definition) is 4. The molecular weight excluding hydrogens is 196 g/mol. The van der Waals surface area contributed by atoms with E-state index in [1.165, 1.54) is 0 Å². The zero-order valence-corrected chi connectivity index (χ0v) is 8.60. The SMILES string of the molecule is CC(C)OC(=O)C(=O)Oc1ccccc1. The van der Waals surface area contributed by atoms with Gasteiger partial charge in [-0.2, -0.15) is 0 Å². The first-order chi connectivity index (χ1) is 7.09. The molecule has 0 bridgehead atoms. The number of hydrogen-bond donors (Lipinski definition) is 0. The van der Waals surface area contributed by atoms with Gasteiger partial charge in [0.1, 0.15) is 5.75 Å². The van der Waals surface area contributed by atoms with E-state index in [4.69, 9.17) is 4.74 Å². The molecule has 0 saturated heterocycles. The van der Waals surface area contributed by atoms with Gasteiger partial charge in [-0.3, -0.25) is 0 Å². The van der Waals surface area contributed by atoms with Gasteiger partial charge in [-0.1, -0.05) is 18.2 Å². The molecule has 0 saturated carbocycles. The normalized spacial score (nSPS) is 9.80. The third-order valence-electron chi connectivity index (χ3n) is 1.46. The van der Waals surface area contributed by atoms with Crippen LogP contribution in [0.2, 0.25) is 0 Å². The van der Waals surface area contributed by atoms with Gasteiger partial charge in [0.15, 0.2) is 0 Å². The van der Waals surface area contributed by atoms with E-state index in [2.05, 4.69) is 4.74 Å². The number of ether oxygens (including phenoxy) is 2. The molecule has 0 atom stereocenters. The highest BCUT2D eigenvalue weighted by Crippen LogP contribution is 2.08. The lowest BCUT2D eigenvalue weighted by Gasteiger charge is -2.07. The van der Waals surface area contributed by atoms with Gasteiger partial charge in [-0.05, 0) is 26.0 Å². The lowest BCUT2D eigenvalue weighted by Crippen LogP contribution is -2.25. The van der Waals surface area contributed by atoms with Crippen LogP contribution in [0.5, 0.6) is 5.75 Å². The number of benzene rings is 1. The fraction of sp³-hybridized carbons (Fsp3) is 0.273. The molecule has 0 fully saturated rings. The first kappa shape index (κ1) is 11.2. The smallest absolute Gasteiger partial charge is 0.422 e. The van der Waals surface area contributed by atoms with Gasteiger partial charge in [-0.15, -0.1) is 0 Å². The molecule has 1 aromatic rings. The maximum atomic E-state index is 11.2. The summed E-state index contributed by atoms with van der Waals surface area (Å²) in [6.45, 7) is 3.32. The molecule has 80 valence electrons. The van der Waals surface area contributed by atoms with Crippen molar-refractivity contribution < 1.29 is 19.1 Å². The minimum Gasteiger partial charge on any atom is -0.455 e. The van der Waals surface area contributed by atoms with Crippen LogP contribution in [0.25, 0.3) is 0 Å². The van der Waals surface area contributed by atoms with Gasteiger partial charge in [0.05, 0.1) is 6.10 Å². The zero-order valence-electron chi connectivity index (χ0n) is 8.60. The molecule has 15 heavy (non-hydrogen) atoms. The minimum atomic E-state index is -1.00. The molecule has 0 heterocycles. The van der Waals surface area contributed by atoms with Crippen molar-refractivity contribution in [2.75, 3.05) is 0 Å². The summed E-state index contributed by atoms with van der Waals surface area (Å²) in [7, 11) is 0. The van der Waals surface area contributed by atoms with Crippen LogP contribution >= 0.6 is 0 Å².